The molecule has 0 bridgehead atoms. The molecule has 0 aliphatic heterocycles. The number of nitrogens with one attached hydrogen (secondary N) is 1. The standard InChI is InChI=1S/C26H27F3N4O3/c1-15-11-18(13-20(12-15)32-24-30-10-9-22(33-24)26(27,28)29)17-5-8-21(31-14-17)25(2,36)19-6-3-16(4-7-19)23(34)35/h5,8-14,16,19,36H,3-4,6-7H2,1-2H3,(H,34,35)(H,30,32,33)/t16-,19-,25?. The van der Waals surface area contributed by atoms with E-state index in [1.165, 1.54) is 0 Å². The number of anilines is 2. The number of alkyl halides is 3. The van der Waals surface area contributed by atoms with Crippen molar-refractivity contribution in [2.75, 3.05) is 5.32 Å². The van der Waals surface area contributed by atoms with Gasteiger partial charge in [-0.15, -0.1) is 0 Å². The Balaban J connectivity index is 1.52. The number of nitrogens with zero attached hydrogens (tertiary/aromatic N) is 3. The third-order valence-corrected chi connectivity index (χ3v) is 6.77. The van der Waals surface area contributed by atoms with Crippen LogP contribution in [0, 0.1) is 18.8 Å². The minimum absolute atomic E-state index is 0.0892. The minimum Gasteiger partial charge on any atom is -0.481 e. The zero-order chi connectivity index (χ0) is 26.1. The summed E-state index contributed by atoms with van der Waals surface area (Å²) in [7, 11) is 0. The lowest BCUT2D eigenvalue weighted by Gasteiger charge is -2.36. The van der Waals surface area contributed by atoms with E-state index in [-0.39, 0.29) is 17.8 Å². The predicted octanol–water partition coefficient (Wildman–Crippen LogP) is 5.71. The van der Waals surface area contributed by atoms with Gasteiger partial charge < -0.3 is 15.5 Å². The molecule has 1 aliphatic rings. The number of aromatic nitrogens is 3. The number of halogens is 3. The van der Waals surface area contributed by atoms with Crippen LogP contribution in [0.15, 0.2) is 48.8 Å². The van der Waals surface area contributed by atoms with Gasteiger partial charge >= 0.3 is 12.1 Å². The van der Waals surface area contributed by atoms with Gasteiger partial charge in [0.2, 0.25) is 5.95 Å². The van der Waals surface area contributed by atoms with E-state index in [4.69, 9.17) is 0 Å². The molecule has 3 aromatic rings. The van der Waals surface area contributed by atoms with Crippen LogP contribution < -0.4 is 5.32 Å². The van der Waals surface area contributed by atoms with Crippen LogP contribution in [-0.2, 0) is 16.6 Å². The van der Waals surface area contributed by atoms with Crippen molar-refractivity contribution in [1.82, 2.24) is 15.0 Å². The maximum Gasteiger partial charge on any atom is 0.433 e. The van der Waals surface area contributed by atoms with E-state index < -0.39 is 23.4 Å². The van der Waals surface area contributed by atoms with E-state index in [9.17, 15) is 28.2 Å². The molecule has 4 rings (SSSR count). The van der Waals surface area contributed by atoms with Crippen LogP contribution in [0.1, 0.15) is 49.6 Å². The summed E-state index contributed by atoms with van der Waals surface area (Å²) in [5.41, 5.74) is 1.22. The third kappa shape index (κ3) is 5.64. The van der Waals surface area contributed by atoms with E-state index in [0.29, 0.717) is 37.1 Å². The second-order valence-corrected chi connectivity index (χ2v) is 9.44. The summed E-state index contributed by atoms with van der Waals surface area (Å²) in [6.45, 7) is 3.58. The number of hydrogen-bond acceptors (Lipinski definition) is 6. The van der Waals surface area contributed by atoms with Gasteiger partial charge in [0.1, 0.15) is 11.3 Å². The van der Waals surface area contributed by atoms with E-state index >= 15 is 0 Å². The second-order valence-electron chi connectivity index (χ2n) is 9.44. The number of hydrogen-bond donors (Lipinski definition) is 3. The fourth-order valence-corrected chi connectivity index (χ4v) is 4.70. The summed E-state index contributed by atoms with van der Waals surface area (Å²) in [5, 5.41) is 23.3. The number of pyridine rings is 1. The molecule has 0 spiro atoms. The number of carbonyl (C=O) groups is 1. The van der Waals surface area contributed by atoms with Crippen LogP contribution in [0.25, 0.3) is 11.1 Å². The maximum atomic E-state index is 13.0. The molecule has 1 aromatic carbocycles. The normalized spacial score (nSPS) is 19.9. The number of carboxylic acid groups (broad SMARTS) is 1. The molecular weight excluding hydrogens is 473 g/mol. The van der Waals surface area contributed by atoms with Crippen molar-refractivity contribution in [3.05, 3.63) is 65.7 Å². The average Bonchev–Trinajstić information content (AvgIpc) is 2.83. The summed E-state index contributed by atoms with van der Waals surface area (Å²) in [5.74, 6) is -1.41. The fourth-order valence-electron chi connectivity index (χ4n) is 4.70. The highest BCUT2D eigenvalue weighted by atomic mass is 19.4. The highest BCUT2D eigenvalue weighted by molar-refractivity contribution is 5.71. The van der Waals surface area contributed by atoms with E-state index in [1.54, 1.807) is 31.3 Å². The van der Waals surface area contributed by atoms with Crippen molar-refractivity contribution in [3.63, 3.8) is 0 Å². The quantitative estimate of drug-likeness (QED) is 0.398. The molecule has 1 atom stereocenters. The largest absolute Gasteiger partial charge is 0.481 e. The van der Waals surface area contributed by atoms with Gasteiger partial charge in [-0.3, -0.25) is 9.78 Å². The van der Waals surface area contributed by atoms with Crippen LogP contribution in [-0.4, -0.2) is 31.1 Å². The van der Waals surface area contributed by atoms with Crippen molar-refractivity contribution < 1.29 is 28.2 Å². The van der Waals surface area contributed by atoms with Crippen molar-refractivity contribution in [1.29, 1.82) is 0 Å². The summed E-state index contributed by atoms with van der Waals surface area (Å²) < 4.78 is 38.9. The molecule has 2 heterocycles. The lowest BCUT2D eigenvalue weighted by molar-refractivity contribution is -0.144. The van der Waals surface area contributed by atoms with Crippen LogP contribution in [0.5, 0.6) is 0 Å². The van der Waals surface area contributed by atoms with Crippen molar-refractivity contribution >= 4 is 17.6 Å². The SMILES string of the molecule is Cc1cc(Nc2nccc(C(F)(F)F)n2)cc(-c2ccc(C(C)(O)[C@H]3CC[C@H](C(=O)O)CC3)nc2)c1. The summed E-state index contributed by atoms with van der Waals surface area (Å²) >= 11 is 0. The first-order valence-electron chi connectivity index (χ1n) is 11.6. The van der Waals surface area contributed by atoms with E-state index in [0.717, 1.165) is 29.0 Å². The number of aliphatic hydroxyl groups is 1. The lowest BCUT2D eigenvalue weighted by atomic mass is 9.73. The zero-order valence-electron chi connectivity index (χ0n) is 19.9. The number of rotatable bonds is 6. The Bertz CT molecular complexity index is 1240. The number of aliphatic carboxylic acids is 1. The Labute approximate surface area is 206 Å². The van der Waals surface area contributed by atoms with Gasteiger partial charge in [0.15, 0.2) is 0 Å². The second kappa shape index (κ2) is 9.85. The molecular formula is C26H27F3N4O3. The Morgan fingerprint density at radius 3 is 2.33 bits per heavy atom. The highest BCUT2D eigenvalue weighted by Crippen LogP contribution is 2.40. The van der Waals surface area contributed by atoms with E-state index in [2.05, 4.69) is 20.3 Å². The van der Waals surface area contributed by atoms with Crippen molar-refractivity contribution in [3.8, 4) is 11.1 Å². The summed E-state index contributed by atoms with van der Waals surface area (Å²) in [6.07, 6.45) is 0.409. The molecule has 1 fully saturated rings. The molecule has 10 heteroatoms. The lowest BCUT2D eigenvalue weighted by Crippen LogP contribution is -2.36. The van der Waals surface area contributed by atoms with Gasteiger partial charge in [0.05, 0.1) is 11.6 Å². The van der Waals surface area contributed by atoms with Gasteiger partial charge in [-0.05, 0) is 80.8 Å². The van der Waals surface area contributed by atoms with Crippen LogP contribution >= 0.6 is 0 Å². The summed E-state index contributed by atoms with van der Waals surface area (Å²) in [4.78, 5) is 23.2. The molecule has 36 heavy (non-hydrogen) atoms. The van der Waals surface area contributed by atoms with Crippen LogP contribution in [0.3, 0.4) is 0 Å². The van der Waals surface area contributed by atoms with Crippen LogP contribution in [0.2, 0.25) is 0 Å². The number of benzene rings is 1. The minimum atomic E-state index is -4.57. The monoisotopic (exact) mass is 500 g/mol. The van der Waals surface area contributed by atoms with Crippen molar-refractivity contribution in [2.45, 2.75) is 51.3 Å². The van der Waals surface area contributed by atoms with Gasteiger partial charge in [0.25, 0.3) is 0 Å². The highest BCUT2D eigenvalue weighted by Gasteiger charge is 2.39. The number of aryl methyl sites for hydroxylation is 1. The van der Waals surface area contributed by atoms with Gasteiger partial charge in [0, 0.05) is 23.6 Å². The smallest absolute Gasteiger partial charge is 0.433 e. The first kappa shape index (κ1) is 25.6. The molecule has 190 valence electrons. The van der Waals surface area contributed by atoms with Gasteiger partial charge in [-0.25, -0.2) is 9.97 Å². The van der Waals surface area contributed by atoms with Crippen molar-refractivity contribution in [2.24, 2.45) is 11.8 Å². The third-order valence-electron chi connectivity index (χ3n) is 6.77. The number of carboxylic acids is 1. The van der Waals surface area contributed by atoms with Gasteiger partial charge in [-0.2, -0.15) is 13.2 Å². The molecule has 0 radical (unpaired) electrons. The van der Waals surface area contributed by atoms with Crippen LogP contribution in [0.4, 0.5) is 24.8 Å². The molecule has 0 amide bonds. The Kier molecular flexibility index (Phi) is 6.99. The summed E-state index contributed by atoms with van der Waals surface area (Å²) in [6, 6.07) is 9.85. The Hall–Kier alpha value is -3.53. The topological polar surface area (TPSA) is 108 Å². The van der Waals surface area contributed by atoms with E-state index in [1.807, 2.05) is 19.1 Å². The first-order chi connectivity index (χ1) is 16.9. The molecule has 1 aliphatic carbocycles. The first-order valence-corrected chi connectivity index (χ1v) is 11.6. The molecule has 2 aromatic heterocycles. The molecule has 0 saturated heterocycles. The maximum absolute atomic E-state index is 13.0. The van der Waals surface area contributed by atoms with Gasteiger partial charge in [-0.1, -0.05) is 12.1 Å². The molecule has 1 unspecified atom stereocenters. The zero-order valence-corrected chi connectivity index (χ0v) is 19.9. The Morgan fingerprint density at radius 1 is 1.00 bits per heavy atom. The fraction of sp³-hybridized carbons (Fsp3) is 0.385. The molecule has 7 nitrogen and oxygen atoms in total. The Morgan fingerprint density at radius 2 is 1.72 bits per heavy atom. The molecule has 3 N–H and O–H groups in total. The predicted molar refractivity (Wildman–Crippen MR) is 127 cm³/mol. The molecule has 1 saturated carbocycles. The average molecular weight is 501 g/mol.